The second-order valence-corrected chi connectivity index (χ2v) is 8.62. The average Bonchev–Trinajstić information content (AvgIpc) is 3.14. The van der Waals surface area contributed by atoms with Crippen LogP contribution in [-0.2, 0) is 14.8 Å². The molecule has 0 radical (unpaired) electrons. The van der Waals surface area contributed by atoms with Crippen molar-refractivity contribution in [1.29, 1.82) is 0 Å². The highest BCUT2D eigenvalue weighted by molar-refractivity contribution is 7.92. The van der Waals surface area contributed by atoms with Gasteiger partial charge in [0.1, 0.15) is 11.8 Å². The van der Waals surface area contributed by atoms with Crippen LogP contribution in [0.3, 0.4) is 0 Å². The summed E-state index contributed by atoms with van der Waals surface area (Å²) in [5.41, 5.74) is 3.48. The molecule has 0 saturated carbocycles. The monoisotopic (exact) mass is 409 g/mol. The largest absolute Gasteiger partial charge is 0.494 e. The van der Waals surface area contributed by atoms with Crippen molar-refractivity contribution >= 4 is 38.7 Å². The molecule has 27 heavy (non-hydrogen) atoms. The molecule has 0 aliphatic heterocycles. The van der Waals surface area contributed by atoms with Gasteiger partial charge in [-0.25, -0.2) is 13.8 Å². The third-order valence-corrected chi connectivity index (χ3v) is 5.92. The van der Waals surface area contributed by atoms with Crippen molar-refractivity contribution in [3.63, 3.8) is 0 Å². The lowest BCUT2D eigenvalue weighted by Gasteiger charge is -2.27. The lowest BCUT2D eigenvalue weighted by atomic mass is 10.2. The number of nitrogens with one attached hydrogen (secondary N) is 1. The summed E-state index contributed by atoms with van der Waals surface area (Å²) in [6.45, 7) is 5.66. The molecule has 2 rings (SSSR count). The number of sulfonamides is 1. The number of amides is 1. The van der Waals surface area contributed by atoms with Crippen molar-refractivity contribution in [2.75, 3.05) is 17.2 Å². The van der Waals surface area contributed by atoms with E-state index in [1.165, 1.54) is 18.3 Å². The molecular weight excluding hydrogens is 386 g/mol. The Labute approximate surface area is 163 Å². The second kappa shape index (κ2) is 9.01. The second-order valence-electron chi connectivity index (χ2n) is 5.81. The SMILES string of the molecule is CCOc1ccc(N(C(C)C(=O)NN=C(C)c2cccs2)S(C)(=O)=O)cc1. The molecule has 1 N–H and O–H groups in total. The van der Waals surface area contributed by atoms with Gasteiger partial charge in [0.15, 0.2) is 0 Å². The maximum Gasteiger partial charge on any atom is 0.263 e. The quantitative estimate of drug-likeness (QED) is 0.536. The molecule has 0 saturated heterocycles. The van der Waals surface area contributed by atoms with Crippen molar-refractivity contribution in [1.82, 2.24) is 5.43 Å². The van der Waals surface area contributed by atoms with Crippen LogP contribution in [0, 0.1) is 0 Å². The van der Waals surface area contributed by atoms with Gasteiger partial charge in [-0.1, -0.05) is 6.07 Å². The summed E-state index contributed by atoms with van der Waals surface area (Å²) in [5, 5.41) is 5.98. The summed E-state index contributed by atoms with van der Waals surface area (Å²) in [7, 11) is -3.68. The minimum Gasteiger partial charge on any atom is -0.494 e. The van der Waals surface area contributed by atoms with Crippen LogP contribution < -0.4 is 14.5 Å². The van der Waals surface area contributed by atoms with E-state index in [1.54, 1.807) is 31.2 Å². The van der Waals surface area contributed by atoms with Crippen LogP contribution in [0.25, 0.3) is 0 Å². The summed E-state index contributed by atoms with van der Waals surface area (Å²) in [5.74, 6) is 0.105. The van der Waals surface area contributed by atoms with Gasteiger partial charge >= 0.3 is 0 Å². The summed E-state index contributed by atoms with van der Waals surface area (Å²) < 4.78 is 31.0. The van der Waals surface area contributed by atoms with E-state index in [4.69, 9.17) is 4.74 Å². The number of hydrogen-bond donors (Lipinski definition) is 1. The van der Waals surface area contributed by atoms with Crippen LogP contribution in [-0.4, -0.2) is 38.9 Å². The topological polar surface area (TPSA) is 88.1 Å². The molecule has 2 aromatic rings. The molecule has 1 amide bonds. The molecule has 1 heterocycles. The Balaban J connectivity index is 2.20. The lowest BCUT2D eigenvalue weighted by Crippen LogP contribution is -2.46. The number of anilines is 1. The van der Waals surface area contributed by atoms with Gasteiger partial charge in [0.05, 0.1) is 24.3 Å². The van der Waals surface area contributed by atoms with Crippen LogP contribution in [0.5, 0.6) is 5.75 Å². The van der Waals surface area contributed by atoms with E-state index in [-0.39, 0.29) is 0 Å². The fraction of sp³-hybridized carbons (Fsp3) is 0.333. The molecule has 1 aromatic heterocycles. The number of hydrogen-bond acceptors (Lipinski definition) is 6. The van der Waals surface area contributed by atoms with Gasteiger partial charge in [-0.3, -0.25) is 9.10 Å². The highest BCUT2D eigenvalue weighted by Gasteiger charge is 2.29. The molecule has 0 aliphatic carbocycles. The molecule has 1 atom stereocenters. The first-order valence-corrected chi connectivity index (χ1v) is 11.1. The highest BCUT2D eigenvalue weighted by Crippen LogP contribution is 2.24. The van der Waals surface area contributed by atoms with Crippen molar-refractivity contribution < 1.29 is 17.9 Å². The number of ether oxygens (including phenoxy) is 1. The summed E-state index contributed by atoms with van der Waals surface area (Å²) in [6, 6.07) is 9.36. The summed E-state index contributed by atoms with van der Waals surface area (Å²) in [6.07, 6.45) is 1.06. The minimum absolute atomic E-state index is 0.377. The van der Waals surface area contributed by atoms with E-state index < -0.39 is 22.0 Å². The summed E-state index contributed by atoms with van der Waals surface area (Å²) in [4.78, 5) is 13.4. The number of hydrazone groups is 1. The van der Waals surface area contributed by atoms with Crippen molar-refractivity contribution in [2.24, 2.45) is 5.10 Å². The molecule has 9 heteroatoms. The van der Waals surface area contributed by atoms with Crippen molar-refractivity contribution in [2.45, 2.75) is 26.8 Å². The van der Waals surface area contributed by atoms with Gasteiger partial charge in [-0.05, 0) is 56.5 Å². The zero-order valence-electron chi connectivity index (χ0n) is 15.7. The number of carbonyl (C=O) groups is 1. The van der Waals surface area contributed by atoms with Crippen LogP contribution >= 0.6 is 11.3 Å². The molecule has 1 aromatic carbocycles. The van der Waals surface area contributed by atoms with Crippen molar-refractivity contribution in [3.05, 3.63) is 46.7 Å². The normalized spacial score (nSPS) is 13.1. The Morgan fingerprint density at radius 2 is 1.96 bits per heavy atom. The predicted molar refractivity (Wildman–Crippen MR) is 109 cm³/mol. The predicted octanol–water partition coefficient (Wildman–Crippen LogP) is 2.84. The third kappa shape index (κ3) is 5.54. The molecule has 7 nitrogen and oxygen atoms in total. The fourth-order valence-electron chi connectivity index (χ4n) is 2.44. The number of benzene rings is 1. The average molecular weight is 410 g/mol. The molecule has 1 unspecified atom stereocenters. The van der Waals surface area contributed by atoms with E-state index >= 15 is 0 Å². The molecular formula is C18H23N3O4S2. The Kier molecular flexibility index (Phi) is 6.98. The van der Waals surface area contributed by atoms with Crippen LogP contribution in [0.15, 0.2) is 46.9 Å². The van der Waals surface area contributed by atoms with Gasteiger partial charge in [0.25, 0.3) is 5.91 Å². The first kappa shape index (κ1) is 20.9. The molecule has 0 fully saturated rings. The van der Waals surface area contributed by atoms with Gasteiger partial charge in [-0.15, -0.1) is 11.3 Å². The zero-order chi connectivity index (χ0) is 20.0. The van der Waals surface area contributed by atoms with E-state index in [9.17, 15) is 13.2 Å². The first-order chi connectivity index (χ1) is 12.7. The number of thiophene rings is 1. The van der Waals surface area contributed by atoms with Gasteiger partial charge < -0.3 is 4.74 Å². The van der Waals surface area contributed by atoms with E-state index in [1.807, 2.05) is 24.4 Å². The van der Waals surface area contributed by atoms with Crippen molar-refractivity contribution in [3.8, 4) is 5.75 Å². The number of carbonyl (C=O) groups excluding carboxylic acids is 1. The molecule has 146 valence electrons. The maximum atomic E-state index is 12.5. The third-order valence-electron chi connectivity index (χ3n) is 3.70. The maximum absolute atomic E-state index is 12.5. The highest BCUT2D eigenvalue weighted by atomic mass is 32.2. The van der Waals surface area contributed by atoms with E-state index in [2.05, 4.69) is 10.5 Å². The fourth-order valence-corrected chi connectivity index (χ4v) is 4.29. The Morgan fingerprint density at radius 3 is 2.48 bits per heavy atom. The lowest BCUT2D eigenvalue weighted by molar-refractivity contribution is -0.121. The summed E-state index contributed by atoms with van der Waals surface area (Å²) >= 11 is 1.50. The van der Waals surface area contributed by atoms with Crippen LogP contribution in [0.2, 0.25) is 0 Å². The van der Waals surface area contributed by atoms with E-state index in [0.717, 1.165) is 15.4 Å². The van der Waals surface area contributed by atoms with E-state index in [0.29, 0.717) is 23.8 Å². The molecule has 0 spiro atoms. The van der Waals surface area contributed by atoms with Gasteiger partial charge in [0, 0.05) is 4.88 Å². The van der Waals surface area contributed by atoms with Crippen LogP contribution in [0.4, 0.5) is 5.69 Å². The Morgan fingerprint density at radius 1 is 1.30 bits per heavy atom. The van der Waals surface area contributed by atoms with Gasteiger partial charge in [-0.2, -0.15) is 5.10 Å². The first-order valence-electron chi connectivity index (χ1n) is 8.34. The molecule has 0 bridgehead atoms. The zero-order valence-corrected chi connectivity index (χ0v) is 17.3. The Bertz CT molecular complexity index is 891. The van der Waals surface area contributed by atoms with Crippen LogP contribution in [0.1, 0.15) is 25.6 Å². The number of rotatable bonds is 8. The smallest absolute Gasteiger partial charge is 0.263 e. The molecule has 0 aliphatic rings. The number of nitrogens with zero attached hydrogens (tertiary/aromatic N) is 2. The van der Waals surface area contributed by atoms with Gasteiger partial charge in [0.2, 0.25) is 10.0 Å². The Hall–Kier alpha value is -2.39. The minimum atomic E-state index is -3.68. The standard InChI is InChI=1S/C18H23N3O4S2/c1-5-25-16-10-8-15(9-11-16)21(27(4,23)24)14(3)18(22)20-19-13(2)17-7-6-12-26-17/h6-12,14H,5H2,1-4H3,(H,20,22).